The van der Waals surface area contributed by atoms with Crippen LogP contribution >= 0.6 is 0 Å². The highest BCUT2D eigenvalue weighted by Crippen LogP contribution is 2.88. The van der Waals surface area contributed by atoms with Gasteiger partial charge in [0.2, 0.25) is 0 Å². The number of fused-ring (bicyclic) bond motifs is 3. The van der Waals surface area contributed by atoms with Gasteiger partial charge in [0.1, 0.15) is 11.6 Å². The Morgan fingerprint density at radius 2 is 1.71 bits per heavy atom. The molecular formula is C21H30O3. The number of hydrogen-bond acceptors (Lipinski definition) is 3. The maximum atomic E-state index is 12.8. The Kier molecular flexibility index (Phi) is 2.49. The lowest BCUT2D eigenvalue weighted by molar-refractivity contribution is -0.196. The van der Waals surface area contributed by atoms with Gasteiger partial charge in [-0.2, -0.15) is 0 Å². The second-order valence-electron chi connectivity index (χ2n) is 10.8. The van der Waals surface area contributed by atoms with E-state index in [1.54, 1.807) is 0 Å². The van der Waals surface area contributed by atoms with E-state index in [9.17, 15) is 14.7 Å². The average molecular weight is 330 g/mol. The predicted molar refractivity (Wildman–Crippen MR) is 90.2 cm³/mol. The molecule has 0 aromatic carbocycles. The summed E-state index contributed by atoms with van der Waals surface area (Å²) >= 11 is 0. The van der Waals surface area contributed by atoms with Crippen molar-refractivity contribution >= 4 is 11.6 Å². The molecule has 0 heterocycles. The minimum atomic E-state index is -0.376. The lowest BCUT2D eigenvalue weighted by atomic mass is 9.42. The fourth-order valence-corrected chi connectivity index (χ4v) is 8.88. The monoisotopic (exact) mass is 330 g/mol. The molecule has 5 saturated carbocycles. The topological polar surface area (TPSA) is 54.4 Å². The Labute approximate surface area is 144 Å². The first-order valence-corrected chi connectivity index (χ1v) is 9.81. The first-order chi connectivity index (χ1) is 11.1. The number of ketones is 2. The summed E-state index contributed by atoms with van der Waals surface area (Å²) < 4.78 is 0. The van der Waals surface area contributed by atoms with Crippen LogP contribution in [0.1, 0.15) is 72.6 Å². The molecule has 0 unspecified atom stereocenters. The molecule has 1 N–H and O–H groups in total. The molecule has 0 saturated heterocycles. The van der Waals surface area contributed by atoms with Gasteiger partial charge in [0, 0.05) is 29.1 Å². The van der Waals surface area contributed by atoms with Gasteiger partial charge in [-0.05, 0) is 54.8 Å². The number of carbonyl (C=O) groups excluding carboxylic acids is 2. The van der Waals surface area contributed by atoms with Crippen molar-refractivity contribution < 1.29 is 14.7 Å². The third-order valence-electron chi connectivity index (χ3n) is 10.2. The molecule has 0 aromatic rings. The number of hydrogen-bond donors (Lipinski definition) is 1. The Hall–Kier alpha value is -0.700. The number of carbonyl (C=O) groups is 2. The second-order valence-corrected chi connectivity index (χ2v) is 10.8. The van der Waals surface area contributed by atoms with Crippen LogP contribution in [0.25, 0.3) is 0 Å². The highest BCUT2D eigenvalue weighted by Gasteiger charge is 2.86. The molecule has 5 rings (SSSR count). The van der Waals surface area contributed by atoms with Crippen LogP contribution in [0.5, 0.6) is 0 Å². The van der Waals surface area contributed by atoms with E-state index in [0.717, 1.165) is 32.1 Å². The second kappa shape index (κ2) is 3.84. The van der Waals surface area contributed by atoms with Gasteiger partial charge >= 0.3 is 0 Å². The normalized spacial score (nSPS) is 60.3. The number of aliphatic hydroxyl groups excluding tert-OH is 1. The van der Waals surface area contributed by atoms with Crippen LogP contribution in [0.2, 0.25) is 0 Å². The molecule has 7 atom stereocenters. The minimum Gasteiger partial charge on any atom is -0.393 e. The van der Waals surface area contributed by atoms with Gasteiger partial charge in [-0.25, -0.2) is 0 Å². The van der Waals surface area contributed by atoms with Crippen LogP contribution in [0.15, 0.2) is 0 Å². The third kappa shape index (κ3) is 1.24. The predicted octanol–water partition coefficient (Wildman–Crippen LogP) is 3.53. The van der Waals surface area contributed by atoms with E-state index in [2.05, 4.69) is 27.7 Å². The highest BCUT2D eigenvalue weighted by atomic mass is 16.3. The summed E-state index contributed by atoms with van der Waals surface area (Å²) in [7, 11) is 0. The fraction of sp³-hybridized carbons (Fsp3) is 0.905. The molecule has 0 amide bonds. The van der Waals surface area contributed by atoms with E-state index in [0.29, 0.717) is 30.3 Å². The van der Waals surface area contributed by atoms with Crippen LogP contribution in [0.4, 0.5) is 0 Å². The zero-order valence-corrected chi connectivity index (χ0v) is 15.4. The van der Waals surface area contributed by atoms with E-state index in [1.165, 1.54) is 0 Å². The van der Waals surface area contributed by atoms with Crippen molar-refractivity contribution in [2.45, 2.75) is 78.7 Å². The standard InChI is InChI=1S/C21H30O3/c1-17(2)13-9-15(23)19(4)12(18(13,3)10-16(17)24)5-7-20-11-21(19,20)8-6-14(20)22/h12-13,15,23H,5-11H2,1-4H3/t12-,13+,15-,18-,19+,20-,21-/m1/s1. The van der Waals surface area contributed by atoms with E-state index in [1.807, 2.05) is 0 Å². The molecule has 0 aromatic heterocycles. The summed E-state index contributed by atoms with van der Waals surface area (Å²) in [5.74, 6) is 1.47. The van der Waals surface area contributed by atoms with Crippen molar-refractivity contribution in [1.29, 1.82) is 0 Å². The van der Waals surface area contributed by atoms with Crippen molar-refractivity contribution in [1.82, 2.24) is 0 Å². The van der Waals surface area contributed by atoms with Gasteiger partial charge in [0.25, 0.3) is 0 Å². The number of aliphatic hydroxyl groups is 1. The molecule has 0 bridgehead atoms. The molecule has 0 aliphatic heterocycles. The van der Waals surface area contributed by atoms with Gasteiger partial charge in [0.05, 0.1) is 6.10 Å². The largest absolute Gasteiger partial charge is 0.393 e. The Morgan fingerprint density at radius 1 is 1.00 bits per heavy atom. The van der Waals surface area contributed by atoms with Crippen molar-refractivity contribution in [3.8, 4) is 0 Å². The molecule has 24 heavy (non-hydrogen) atoms. The molecular weight excluding hydrogens is 300 g/mol. The van der Waals surface area contributed by atoms with Gasteiger partial charge in [-0.3, -0.25) is 9.59 Å². The summed E-state index contributed by atoms with van der Waals surface area (Å²) in [6.07, 6.45) is 5.70. The van der Waals surface area contributed by atoms with Crippen molar-refractivity contribution in [3.05, 3.63) is 0 Å². The zero-order valence-electron chi connectivity index (χ0n) is 15.4. The van der Waals surface area contributed by atoms with Gasteiger partial charge in [-0.1, -0.05) is 27.7 Å². The van der Waals surface area contributed by atoms with Crippen LogP contribution in [-0.4, -0.2) is 22.8 Å². The van der Waals surface area contributed by atoms with Crippen molar-refractivity contribution in [2.24, 2.45) is 38.9 Å². The van der Waals surface area contributed by atoms with Crippen LogP contribution in [-0.2, 0) is 9.59 Å². The van der Waals surface area contributed by atoms with Crippen LogP contribution in [0.3, 0.4) is 0 Å². The molecule has 3 heteroatoms. The Balaban J connectivity index is 1.66. The molecule has 0 spiro atoms. The lowest BCUT2D eigenvalue weighted by Gasteiger charge is -2.63. The van der Waals surface area contributed by atoms with E-state index in [-0.39, 0.29) is 39.1 Å². The third-order valence-corrected chi connectivity index (χ3v) is 10.2. The molecule has 0 radical (unpaired) electrons. The highest BCUT2D eigenvalue weighted by molar-refractivity contribution is 5.93. The first kappa shape index (κ1) is 15.5. The summed E-state index contributed by atoms with van der Waals surface area (Å²) in [6, 6.07) is 0. The molecule has 3 nitrogen and oxygen atoms in total. The Morgan fingerprint density at radius 3 is 2.42 bits per heavy atom. The lowest BCUT2D eigenvalue weighted by Crippen LogP contribution is -2.61. The fourth-order valence-electron chi connectivity index (χ4n) is 8.88. The molecule has 5 aliphatic carbocycles. The molecule has 5 fully saturated rings. The maximum absolute atomic E-state index is 12.8. The quantitative estimate of drug-likeness (QED) is 0.739. The van der Waals surface area contributed by atoms with E-state index < -0.39 is 0 Å². The van der Waals surface area contributed by atoms with Crippen LogP contribution in [0, 0.1) is 38.9 Å². The maximum Gasteiger partial charge on any atom is 0.139 e. The Bertz CT molecular complexity index is 681. The zero-order chi connectivity index (χ0) is 17.3. The SMILES string of the molecule is CC1(C)C(=O)C[C@]2(C)[C@H]3CC[C@]45C[C@]4(CCC5=O)[C@]3(C)[C@H](O)C[C@@H]12. The van der Waals surface area contributed by atoms with Gasteiger partial charge in [0.15, 0.2) is 0 Å². The summed E-state index contributed by atoms with van der Waals surface area (Å²) in [5.41, 5.74) is -0.602. The molecule has 5 aliphatic rings. The summed E-state index contributed by atoms with van der Waals surface area (Å²) in [4.78, 5) is 25.4. The smallest absolute Gasteiger partial charge is 0.139 e. The number of Topliss-reactive ketones (excluding diaryl/α,β-unsaturated/α-hetero) is 2. The van der Waals surface area contributed by atoms with E-state index >= 15 is 0 Å². The summed E-state index contributed by atoms with van der Waals surface area (Å²) in [6.45, 7) is 8.77. The first-order valence-electron chi connectivity index (χ1n) is 9.81. The summed E-state index contributed by atoms with van der Waals surface area (Å²) in [5, 5.41) is 11.3. The average Bonchev–Trinajstić information content (AvgIpc) is 3.07. The van der Waals surface area contributed by atoms with Gasteiger partial charge < -0.3 is 5.11 Å². The van der Waals surface area contributed by atoms with E-state index in [4.69, 9.17) is 0 Å². The van der Waals surface area contributed by atoms with Crippen molar-refractivity contribution in [3.63, 3.8) is 0 Å². The van der Waals surface area contributed by atoms with Gasteiger partial charge in [-0.15, -0.1) is 0 Å². The van der Waals surface area contributed by atoms with Crippen LogP contribution < -0.4 is 0 Å². The molecule has 132 valence electrons. The van der Waals surface area contributed by atoms with Crippen molar-refractivity contribution in [2.75, 3.05) is 0 Å². The minimum absolute atomic E-state index is 0.0102. The number of rotatable bonds is 0.